The molecule has 1 aromatic carbocycles. The third-order valence-electron chi connectivity index (χ3n) is 3.15. The highest BCUT2D eigenvalue weighted by Gasteiger charge is 2.14. The van der Waals surface area contributed by atoms with Gasteiger partial charge in [0.15, 0.2) is 0 Å². The molecule has 1 unspecified atom stereocenters. The van der Waals surface area contributed by atoms with Crippen molar-refractivity contribution in [3.63, 3.8) is 0 Å². The van der Waals surface area contributed by atoms with E-state index in [1.807, 2.05) is 30.3 Å². The minimum atomic E-state index is -0.150. The molecule has 1 aromatic heterocycles. The fourth-order valence-corrected chi connectivity index (χ4v) is 2.91. The number of benzene rings is 1. The smallest absolute Gasteiger partial charge is 0.138 e. The van der Waals surface area contributed by atoms with Crippen LogP contribution < -0.4 is 5.73 Å². The Hall–Kier alpha value is -1.26. The lowest BCUT2D eigenvalue weighted by molar-refractivity contribution is 0.662. The fraction of sp³-hybridized carbons (Fsp3) is 0.467. The second-order valence-electron chi connectivity index (χ2n) is 4.73. The van der Waals surface area contributed by atoms with Crippen LogP contribution in [0.5, 0.6) is 0 Å². The Balaban J connectivity index is 1.93. The molecule has 0 bridgehead atoms. The summed E-state index contributed by atoms with van der Waals surface area (Å²) in [5, 5.41) is 10.5. The van der Waals surface area contributed by atoms with Gasteiger partial charge in [0.1, 0.15) is 10.0 Å². The zero-order valence-corrected chi connectivity index (χ0v) is 12.2. The monoisotopic (exact) mass is 275 g/mol. The molecule has 19 heavy (non-hydrogen) atoms. The summed E-state index contributed by atoms with van der Waals surface area (Å²) >= 11 is 1.65. The van der Waals surface area contributed by atoms with Crippen molar-refractivity contribution < 1.29 is 0 Å². The van der Waals surface area contributed by atoms with Crippen molar-refractivity contribution in [1.29, 1.82) is 0 Å². The summed E-state index contributed by atoms with van der Waals surface area (Å²) in [4.78, 5) is 0. The molecule has 102 valence electrons. The Morgan fingerprint density at radius 3 is 2.63 bits per heavy atom. The molecular formula is C15H21N3S. The van der Waals surface area contributed by atoms with Crippen LogP contribution in [-0.2, 0) is 6.42 Å². The lowest BCUT2D eigenvalue weighted by Gasteiger charge is -2.06. The van der Waals surface area contributed by atoms with Gasteiger partial charge in [-0.3, -0.25) is 0 Å². The normalized spacial score (nSPS) is 12.5. The molecule has 0 spiro atoms. The van der Waals surface area contributed by atoms with Gasteiger partial charge < -0.3 is 5.73 Å². The molecule has 0 aliphatic carbocycles. The van der Waals surface area contributed by atoms with E-state index in [-0.39, 0.29) is 6.04 Å². The van der Waals surface area contributed by atoms with Gasteiger partial charge in [-0.05, 0) is 12.0 Å². The molecule has 0 saturated heterocycles. The van der Waals surface area contributed by atoms with E-state index < -0.39 is 0 Å². The Bertz CT molecular complexity index is 481. The summed E-state index contributed by atoms with van der Waals surface area (Å²) in [5.74, 6) is 0. The van der Waals surface area contributed by atoms with Gasteiger partial charge in [0.2, 0.25) is 0 Å². The Labute approximate surface area is 118 Å². The quantitative estimate of drug-likeness (QED) is 0.784. The zero-order valence-electron chi connectivity index (χ0n) is 11.4. The predicted molar refractivity (Wildman–Crippen MR) is 80.2 cm³/mol. The van der Waals surface area contributed by atoms with E-state index in [0.29, 0.717) is 0 Å². The predicted octanol–water partition coefficient (Wildman–Crippen LogP) is 3.71. The van der Waals surface area contributed by atoms with Crippen molar-refractivity contribution in [2.45, 2.75) is 45.1 Å². The first-order valence-corrected chi connectivity index (χ1v) is 7.75. The summed E-state index contributed by atoms with van der Waals surface area (Å²) in [7, 11) is 0. The van der Waals surface area contributed by atoms with Crippen LogP contribution in [-0.4, -0.2) is 10.2 Å². The summed E-state index contributed by atoms with van der Waals surface area (Å²) in [6, 6.07) is 9.92. The highest BCUT2D eigenvalue weighted by Crippen LogP contribution is 2.23. The van der Waals surface area contributed by atoms with Gasteiger partial charge in [0.25, 0.3) is 0 Å². The maximum atomic E-state index is 6.21. The van der Waals surface area contributed by atoms with E-state index in [4.69, 9.17) is 5.73 Å². The molecule has 3 nitrogen and oxygen atoms in total. The minimum Gasteiger partial charge on any atom is -0.318 e. The van der Waals surface area contributed by atoms with Crippen LogP contribution in [0.1, 0.15) is 54.2 Å². The van der Waals surface area contributed by atoms with Crippen LogP contribution >= 0.6 is 11.3 Å². The van der Waals surface area contributed by atoms with Crippen molar-refractivity contribution in [2.24, 2.45) is 5.73 Å². The average Bonchev–Trinajstić information content (AvgIpc) is 2.92. The molecule has 2 N–H and O–H groups in total. The van der Waals surface area contributed by atoms with E-state index in [9.17, 15) is 0 Å². The maximum Gasteiger partial charge on any atom is 0.138 e. The van der Waals surface area contributed by atoms with Crippen molar-refractivity contribution in [3.8, 4) is 0 Å². The Morgan fingerprint density at radius 2 is 1.89 bits per heavy atom. The van der Waals surface area contributed by atoms with Crippen molar-refractivity contribution >= 4 is 11.3 Å². The van der Waals surface area contributed by atoms with Crippen LogP contribution in [0.2, 0.25) is 0 Å². The summed E-state index contributed by atoms with van der Waals surface area (Å²) in [5.41, 5.74) is 7.31. The van der Waals surface area contributed by atoms with Gasteiger partial charge in [0.05, 0.1) is 6.04 Å². The summed E-state index contributed by atoms with van der Waals surface area (Å²) < 4.78 is 0. The topological polar surface area (TPSA) is 51.8 Å². The molecule has 0 fully saturated rings. The van der Waals surface area contributed by atoms with Gasteiger partial charge >= 0.3 is 0 Å². The number of hydrogen-bond donors (Lipinski definition) is 1. The third-order valence-corrected chi connectivity index (χ3v) is 4.22. The maximum absolute atomic E-state index is 6.21. The first-order chi connectivity index (χ1) is 9.31. The van der Waals surface area contributed by atoms with Crippen LogP contribution in [0.25, 0.3) is 0 Å². The second-order valence-corrected chi connectivity index (χ2v) is 5.83. The molecule has 1 heterocycles. The molecule has 2 rings (SSSR count). The average molecular weight is 275 g/mol. The largest absolute Gasteiger partial charge is 0.318 e. The first-order valence-electron chi connectivity index (χ1n) is 6.94. The number of aromatic nitrogens is 2. The second kappa shape index (κ2) is 7.36. The van der Waals surface area contributed by atoms with E-state index in [0.717, 1.165) is 22.0 Å². The van der Waals surface area contributed by atoms with Crippen LogP contribution in [0, 0.1) is 0 Å². The molecule has 2 aromatic rings. The van der Waals surface area contributed by atoms with Gasteiger partial charge in [0, 0.05) is 6.42 Å². The fourth-order valence-electron chi connectivity index (χ4n) is 2.00. The minimum absolute atomic E-state index is 0.150. The number of unbranched alkanes of at least 4 members (excludes halogenated alkanes) is 3. The van der Waals surface area contributed by atoms with Crippen LogP contribution in [0.4, 0.5) is 0 Å². The van der Waals surface area contributed by atoms with E-state index >= 15 is 0 Å². The zero-order chi connectivity index (χ0) is 13.5. The van der Waals surface area contributed by atoms with Crippen molar-refractivity contribution in [3.05, 3.63) is 45.9 Å². The van der Waals surface area contributed by atoms with E-state index in [1.165, 1.54) is 25.7 Å². The van der Waals surface area contributed by atoms with Crippen molar-refractivity contribution in [1.82, 2.24) is 10.2 Å². The van der Waals surface area contributed by atoms with E-state index in [2.05, 4.69) is 17.1 Å². The molecule has 0 aliphatic rings. The van der Waals surface area contributed by atoms with Gasteiger partial charge in [-0.25, -0.2) is 0 Å². The molecular weight excluding hydrogens is 254 g/mol. The van der Waals surface area contributed by atoms with Crippen LogP contribution in [0.15, 0.2) is 30.3 Å². The molecule has 0 saturated carbocycles. The number of nitrogens with zero attached hydrogens (tertiary/aromatic N) is 2. The molecule has 0 amide bonds. The van der Waals surface area contributed by atoms with Crippen LogP contribution in [0.3, 0.4) is 0 Å². The molecule has 4 heteroatoms. The van der Waals surface area contributed by atoms with Crippen molar-refractivity contribution in [2.75, 3.05) is 0 Å². The van der Waals surface area contributed by atoms with Gasteiger partial charge in [-0.1, -0.05) is 67.9 Å². The Morgan fingerprint density at radius 1 is 1.11 bits per heavy atom. The summed E-state index contributed by atoms with van der Waals surface area (Å²) in [6.45, 7) is 2.22. The number of aryl methyl sites for hydroxylation is 1. The molecule has 0 aliphatic heterocycles. The van der Waals surface area contributed by atoms with Gasteiger partial charge in [-0.15, -0.1) is 10.2 Å². The number of rotatable bonds is 7. The Kier molecular flexibility index (Phi) is 5.48. The number of nitrogens with two attached hydrogens (primary N) is 1. The molecule has 0 radical (unpaired) electrons. The summed E-state index contributed by atoms with van der Waals surface area (Å²) in [6.07, 6.45) is 6.06. The third kappa shape index (κ3) is 4.11. The molecule has 1 atom stereocenters. The SMILES string of the molecule is CCCCCCc1nnc(C(N)c2ccccc2)s1. The first kappa shape index (κ1) is 14.2. The highest BCUT2D eigenvalue weighted by molar-refractivity contribution is 7.11. The lowest BCUT2D eigenvalue weighted by atomic mass is 10.1. The van der Waals surface area contributed by atoms with E-state index in [1.54, 1.807) is 11.3 Å². The highest BCUT2D eigenvalue weighted by atomic mass is 32.1. The standard InChI is InChI=1S/C15H21N3S/c1-2-3-4-8-11-13-17-18-15(19-13)14(16)12-9-6-5-7-10-12/h5-7,9-10,14H,2-4,8,11,16H2,1H3. The number of hydrogen-bond acceptors (Lipinski definition) is 4. The lowest BCUT2D eigenvalue weighted by Crippen LogP contribution is -2.11. The van der Waals surface area contributed by atoms with Gasteiger partial charge in [-0.2, -0.15) is 0 Å².